The highest BCUT2D eigenvalue weighted by Crippen LogP contribution is 2.28. The number of alkyl halides is 3. The van der Waals surface area contributed by atoms with Crippen LogP contribution in [0.1, 0.15) is 5.69 Å². The Morgan fingerprint density at radius 1 is 1.10 bits per heavy atom. The molecular weight excluding hydrogens is 283 g/mol. The van der Waals surface area contributed by atoms with Crippen molar-refractivity contribution in [3.8, 4) is 5.75 Å². The van der Waals surface area contributed by atoms with Crippen LogP contribution in [0.3, 0.4) is 0 Å². The van der Waals surface area contributed by atoms with E-state index < -0.39 is 11.9 Å². The zero-order chi connectivity index (χ0) is 15.3. The van der Waals surface area contributed by atoms with Crippen molar-refractivity contribution in [1.82, 2.24) is 4.98 Å². The molecule has 0 bridgehead atoms. The molecule has 112 valence electrons. The van der Waals surface area contributed by atoms with E-state index in [9.17, 15) is 13.2 Å². The van der Waals surface area contributed by atoms with E-state index in [1.165, 1.54) is 12.1 Å². The molecular formula is C14H14F3N3O. The van der Waals surface area contributed by atoms with E-state index in [2.05, 4.69) is 10.3 Å². The fraction of sp³-hybridized carbons (Fsp3) is 0.214. The molecule has 0 aliphatic carbocycles. The van der Waals surface area contributed by atoms with Gasteiger partial charge in [-0.3, -0.25) is 0 Å². The number of halogens is 3. The standard InChI is InChI=1S/C14H14F3N3O/c15-14(16,17)12-2-1-3-13(20-12)19-8-9-21-11-6-4-10(18)5-7-11/h1-7H,8-9,18H2,(H,19,20). The topological polar surface area (TPSA) is 60.2 Å². The number of nitrogens with zero attached hydrogens (tertiary/aromatic N) is 1. The smallest absolute Gasteiger partial charge is 0.433 e. The summed E-state index contributed by atoms with van der Waals surface area (Å²) in [7, 11) is 0. The summed E-state index contributed by atoms with van der Waals surface area (Å²) in [5.74, 6) is 0.800. The normalized spacial score (nSPS) is 11.2. The first-order valence-electron chi connectivity index (χ1n) is 6.21. The van der Waals surface area contributed by atoms with E-state index in [0.717, 1.165) is 6.07 Å². The minimum atomic E-state index is -4.45. The molecule has 0 fully saturated rings. The van der Waals surface area contributed by atoms with Gasteiger partial charge in [-0.1, -0.05) is 6.07 Å². The van der Waals surface area contributed by atoms with E-state index in [1.54, 1.807) is 24.3 Å². The zero-order valence-electron chi connectivity index (χ0n) is 11.0. The van der Waals surface area contributed by atoms with Crippen molar-refractivity contribution in [2.24, 2.45) is 0 Å². The second kappa shape index (κ2) is 6.34. The molecule has 0 atom stereocenters. The van der Waals surface area contributed by atoms with Crippen LogP contribution >= 0.6 is 0 Å². The highest BCUT2D eigenvalue weighted by atomic mass is 19.4. The largest absolute Gasteiger partial charge is 0.492 e. The lowest BCUT2D eigenvalue weighted by Crippen LogP contribution is -2.14. The maximum absolute atomic E-state index is 12.5. The molecule has 1 aromatic carbocycles. The number of aromatic nitrogens is 1. The van der Waals surface area contributed by atoms with Gasteiger partial charge in [0.25, 0.3) is 0 Å². The number of nitrogens with two attached hydrogens (primary N) is 1. The van der Waals surface area contributed by atoms with Gasteiger partial charge in [0.15, 0.2) is 0 Å². The number of nitrogens with one attached hydrogen (secondary N) is 1. The van der Waals surface area contributed by atoms with Crippen molar-refractivity contribution in [2.75, 3.05) is 24.2 Å². The average molecular weight is 297 g/mol. The predicted molar refractivity (Wildman–Crippen MR) is 74.1 cm³/mol. The minimum Gasteiger partial charge on any atom is -0.492 e. The van der Waals surface area contributed by atoms with E-state index in [1.807, 2.05) is 0 Å². The van der Waals surface area contributed by atoms with Gasteiger partial charge in [-0.15, -0.1) is 0 Å². The molecule has 0 saturated carbocycles. The maximum Gasteiger partial charge on any atom is 0.433 e. The fourth-order valence-electron chi connectivity index (χ4n) is 1.60. The highest BCUT2D eigenvalue weighted by molar-refractivity contribution is 5.41. The second-order valence-electron chi connectivity index (χ2n) is 4.25. The van der Waals surface area contributed by atoms with Gasteiger partial charge in [0, 0.05) is 5.69 Å². The van der Waals surface area contributed by atoms with Gasteiger partial charge in [0.1, 0.15) is 23.9 Å². The third-order valence-corrected chi connectivity index (χ3v) is 2.60. The van der Waals surface area contributed by atoms with Gasteiger partial charge in [-0.05, 0) is 36.4 Å². The van der Waals surface area contributed by atoms with E-state index in [-0.39, 0.29) is 5.82 Å². The summed E-state index contributed by atoms with van der Waals surface area (Å²) in [6.45, 7) is 0.626. The summed E-state index contributed by atoms with van der Waals surface area (Å²) in [6, 6.07) is 10.6. The second-order valence-corrected chi connectivity index (χ2v) is 4.25. The van der Waals surface area contributed by atoms with Crippen LogP contribution in [0, 0.1) is 0 Å². The van der Waals surface area contributed by atoms with Crippen LogP contribution < -0.4 is 15.8 Å². The van der Waals surface area contributed by atoms with Crippen LogP contribution in [-0.4, -0.2) is 18.1 Å². The Kier molecular flexibility index (Phi) is 4.52. The molecule has 3 N–H and O–H groups in total. The lowest BCUT2D eigenvalue weighted by Gasteiger charge is -2.10. The molecule has 0 saturated heterocycles. The van der Waals surface area contributed by atoms with Crippen LogP contribution in [0.25, 0.3) is 0 Å². The minimum absolute atomic E-state index is 0.158. The van der Waals surface area contributed by atoms with Crippen molar-refractivity contribution < 1.29 is 17.9 Å². The van der Waals surface area contributed by atoms with Crippen molar-refractivity contribution in [1.29, 1.82) is 0 Å². The quantitative estimate of drug-likeness (QED) is 0.657. The first-order valence-corrected chi connectivity index (χ1v) is 6.21. The number of hydrogen-bond acceptors (Lipinski definition) is 4. The first kappa shape index (κ1) is 15.0. The Balaban J connectivity index is 1.82. The Bertz CT molecular complexity index is 585. The molecule has 21 heavy (non-hydrogen) atoms. The first-order chi connectivity index (χ1) is 9.95. The van der Waals surface area contributed by atoms with Crippen molar-refractivity contribution in [3.05, 3.63) is 48.2 Å². The molecule has 0 amide bonds. The number of pyridine rings is 1. The lowest BCUT2D eigenvalue weighted by atomic mass is 10.3. The molecule has 7 heteroatoms. The van der Waals surface area contributed by atoms with Crippen molar-refractivity contribution in [3.63, 3.8) is 0 Å². The maximum atomic E-state index is 12.5. The predicted octanol–water partition coefficient (Wildman–Crippen LogP) is 3.17. The van der Waals surface area contributed by atoms with Crippen LogP contribution in [0.4, 0.5) is 24.7 Å². The summed E-state index contributed by atoms with van der Waals surface area (Å²) < 4.78 is 42.9. The van der Waals surface area contributed by atoms with Crippen molar-refractivity contribution >= 4 is 11.5 Å². The van der Waals surface area contributed by atoms with Gasteiger partial charge in [-0.2, -0.15) is 13.2 Å². The van der Waals surface area contributed by atoms with Crippen LogP contribution in [-0.2, 0) is 6.18 Å². The van der Waals surface area contributed by atoms with Crippen LogP contribution in [0.5, 0.6) is 5.75 Å². The fourth-order valence-corrected chi connectivity index (χ4v) is 1.60. The molecule has 4 nitrogen and oxygen atoms in total. The van der Waals surface area contributed by atoms with Gasteiger partial charge in [0.05, 0.1) is 6.54 Å². The number of nitrogen functional groups attached to an aromatic ring is 1. The lowest BCUT2D eigenvalue weighted by molar-refractivity contribution is -0.141. The Morgan fingerprint density at radius 3 is 2.48 bits per heavy atom. The van der Waals surface area contributed by atoms with Gasteiger partial charge in [0.2, 0.25) is 0 Å². The third kappa shape index (κ3) is 4.55. The summed E-state index contributed by atoms with van der Waals surface area (Å²) in [4.78, 5) is 3.49. The molecule has 0 aliphatic heterocycles. The van der Waals surface area contributed by atoms with Gasteiger partial charge >= 0.3 is 6.18 Å². The van der Waals surface area contributed by atoms with E-state index >= 15 is 0 Å². The van der Waals surface area contributed by atoms with E-state index in [4.69, 9.17) is 10.5 Å². The number of anilines is 2. The summed E-state index contributed by atoms with van der Waals surface area (Å²) in [6.07, 6.45) is -4.45. The van der Waals surface area contributed by atoms with Crippen LogP contribution in [0.2, 0.25) is 0 Å². The third-order valence-electron chi connectivity index (χ3n) is 2.60. The zero-order valence-corrected chi connectivity index (χ0v) is 11.0. The Hall–Kier alpha value is -2.44. The molecule has 0 spiro atoms. The molecule has 2 rings (SSSR count). The number of hydrogen-bond donors (Lipinski definition) is 2. The summed E-state index contributed by atoms with van der Waals surface area (Å²) in [5, 5.41) is 2.78. The monoisotopic (exact) mass is 297 g/mol. The molecule has 1 aromatic heterocycles. The Labute approximate surface area is 119 Å². The van der Waals surface area contributed by atoms with Crippen molar-refractivity contribution in [2.45, 2.75) is 6.18 Å². The number of rotatable bonds is 5. The summed E-state index contributed by atoms with van der Waals surface area (Å²) >= 11 is 0. The average Bonchev–Trinajstić information content (AvgIpc) is 2.45. The molecule has 1 heterocycles. The SMILES string of the molecule is Nc1ccc(OCCNc2cccc(C(F)(F)F)n2)cc1. The van der Waals surface area contributed by atoms with E-state index in [0.29, 0.717) is 24.6 Å². The van der Waals surface area contributed by atoms with Gasteiger partial charge in [-0.25, -0.2) is 4.98 Å². The number of ether oxygens (including phenoxy) is 1. The molecule has 2 aromatic rings. The van der Waals surface area contributed by atoms with Crippen LogP contribution in [0.15, 0.2) is 42.5 Å². The highest BCUT2D eigenvalue weighted by Gasteiger charge is 2.32. The molecule has 0 unspecified atom stereocenters. The number of benzene rings is 1. The molecule has 0 radical (unpaired) electrons. The van der Waals surface area contributed by atoms with Gasteiger partial charge < -0.3 is 15.8 Å². The Morgan fingerprint density at radius 2 is 1.81 bits per heavy atom. The molecule has 0 aliphatic rings. The summed E-state index contributed by atoms with van der Waals surface area (Å²) in [5.41, 5.74) is 5.25.